The monoisotopic (exact) mass is 346 g/mol. The summed E-state index contributed by atoms with van der Waals surface area (Å²) in [6, 6.07) is 29.1. The Morgan fingerprint density at radius 1 is 0.760 bits per heavy atom. The van der Waals surface area contributed by atoms with Gasteiger partial charge >= 0.3 is 0 Å². The zero-order chi connectivity index (χ0) is 17.5. The van der Waals surface area contributed by atoms with E-state index in [9.17, 15) is 0 Å². The van der Waals surface area contributed by atoms with Crippen LogP contribution in [-0.4, -0.2) is 10.0 Å². The second kappa shape index (κ2) is 8.45. The number of aryl methyl sites for hydroxylation is 1. The molecular formula is C22H22N2S. The Hall–Kier alpha value is -2.65. The minimum Gasteiger partial charge on any atom is -0.340 e. The van der Waals surface area contributed by atoms with Crippen molar-refractivity contribution in [3.63, 3.8) is 0 Å². The molecule has 0 fully saturated rings. The first kappa shape index (κ1) is 17.2. The molecule has 0 aliphatic rings. The fourth-order valence-corrected chi connectivity index (χ4v) is 2.95. The van der Waals surface area contributed by atoms with Crippen LogP contribution in [0.3, 0.4) is 0 Å². The molecule has 3 heteroatoms. The van der Waals surface area contributed by atoms with Crippen LogP contribution in [0.1, 0.15) is 16.7 Å². The predicted octanol–water partition coefficient (Wildman–Crippen LogP) is 5.39. The smallest absolute Gasteiger partial charge is 0.174 e. The zero-order valence-corrected chi connectivity index (χ0v) is 15.2. The highest BCUT2D eigenvalue weighted by Gasteiger charge is 2.12. The Labute approximate surface area is 155 Å². The summed E-state index contributed by atoms with van der Waals surface area (Å²) in [5, 5.41) is 4.15. The summed E-state index contributed by atoms with van der Waals surface area (Å²) in [6.07, 6.45) is 0. The third-order valence-corrected chi connectivity index (χ3v) is 4.47. The third-order valence-electron chi connectivity index (χ3n) is 4.11. The highest BCUT2D eigenvalue weighted by molar-refractivity contribution is 7.80. The minimum absolute atomic E-state index is 0.738. The lowest BCUT2D eigenvalue weighted by atomic mass is 10.1. The number of hydrogen-bond donors (Lipinski definition) is 1. The molecule has 0 amide bonds. The van der Waals surface area contributed by atoms with Crippen LogP contribution >= 0.6 is 12.2 Å². The molecule has 0 unspecified atom stereocenters. The molecule has 0 saturated heterocycles. The molecule has 126 valence electrons. The number of nitrogens with zero attached hydrogens (tertiary/aromatic N) is 1. The summed E-state index contributed by atoms with van der Waals surface area (Å²) in [7, 11) is 0. The average Bonchev–Trinajstić information content (AvgIpc) is 2.65. The second-order valence-corrected chi connectivity index (χ2v) is 6.46. The summed E-state index contributed by atoms with van der Waals surface area (Å²) in [5.41, 5.74) is 4.72. The first-order valence-electron chi connectivity index (χ1n) is 8.42. The standard InChI is InChI=1S/C22H22N2S/c1-18-10-8-9-15-21(18)23-22(25)24(16-19-11-4-2-5-12-19)17-20-13-6-3-7-14-20/h2-15H,16-17H2,1H3,(H,23,25). The van der Waals surface area contributed by atoms with Gasteiger partial charge < -0.3 is 10.2 Å². The van der Waals surface area contributed by atoms with E-state index in [-0.39, 0.29) is 0 Å². The van der Waals surface area contributed by atoms with Crippen molar-refractivity contribution in [3.05, 3.63) is 102 Å². The first-order valence-corrected chi connectivity index (χ1v) is 8.82. The van der Waals surface area contributed by atoms with Gasteiger partial charge in [0.2, 0.25) is 0 Å². The van der Waals surface area contributed by atoms with Gasteiger partial charge in [-0.25, -0.2) is 0 Å². The van der Waals surface area contributed by atoms with Gasteiger partial charge in [-0.2, -0.15) is 0 Å². The molecule has 0 atom stereocenters. The zero-order valence-electron chi connectivity index (χ0n) is 14.4. The Morgan fingerprint density at radius 3 is 1.76 bits per heavy atom. The van der Waals surface area contributed by atoms with Crippen molar-refractivity contribution in [3.8, 4) is 0 Å². The number of benzene rings is 3. The maximum absolute atomic E-state index is 5.73. The summed E-state index contributed by atoms with van der Waals surface area (Å²) in [4.78, 5) is 2.20. The normalized spacial score (nSPS) is 10.3. The second-order valence-electron chi connectivity index (χ2n) is 6.07. The van der Waals surface area contributed by atoms with Crippen LogP contribution in [0.2, 0.25) is 0 Å². The number of hydrogen-bond acceptors (Lipinski definition) is 1. The SMILES string of the molecule is Cc1ccccc1NC(=S)N(Cc1ccccc1)Cc1ccccc1. The van der Waals surface area contributed by atoms with Crippen molar-refractivity contribution in [2.24, 2.45) is 0 Å². The van der Waals surface area contributed by atoms with Crippen LogP contribution in [0, 0.1) is 6.92 Å². The van der Waals surface area contributed by atoms with Crippen molar-refractivity contribution in [1.82, 2.24) is 4.90 Å². The van der Waals surface area contributed by atoms with E-state index in [4.69, 9.17) is 12.2 Å². The molecule has 0 spiro atoms. The highest BCUT2D eigenvalue weighted by Crippen LogP contribution is 2.16. The lowest BCUT2D eigenvalue weighted by Gasteiger charge is -2.26. The minimum atomic E-state index is 0.738. The Morgan fingerprint density at radius 2 is 1.24 bits per heavy atom. The fourth-order valence-electron chi connectivity index (χ4n) is 2.71. The molecule has 3 rings (SSSR count). The number of thiocarbonyl (C=S) groups is 1. The van der Waals surface area contributed by atoms with Crippen molar-refractivity contribution < 1.29 is 0 Å². The molecular weight excluding hydrogens is 324 g/mol. The number of anilines is 1. The van der Waals surface area contributed by atoms with E-state index in [0.717, 1.165) is 23.9 Å². The quantitative estimate of drug-likeness (QED) is 0.623. The molecule has 1 N–H and O–H groups in total. The number of nitrogens with one attached hydrogen (secondary N) is 1. The van der Waals surface area contributed by atoms with E-state index in [2.05, 4.69) is 77.8 Å². The van der Waals surface area contributed by atoms with E-state index in [0.29, 0.717) is 0 Å². The van der Waals surface area contributed by atoms with Gasteiger partial charge in [0.25, 0.3) is 0 Å². The number of rotatable bonds is 5. The summed E-state index contributed by atoms with van der Waals surface area (Å²) in [6.45, 7) is 3.63. The molecule has 3 aromatic rings. The van der Waals surface area contributed by atoms with Crippen LogP contribution in [-0.2, 0) is 13.1 Å². The summed E-state index contributed by atoms with van der Waals surface area (Å²) < 4.78 is 0. The van der Waals surface area contributed by atoms with E-state index < -0.39 is 0 Å². The fraction of sp³-hybridized carbons (Fsp3) is 0.136. The molecule has 25 heavy (non-hydrogen) atoms. The maximum Gasteiger partial charge on any atom is 0.174 e. The summed E-state index contributed by atoms with van der Waals surface area (Å²) >= 11 is 5.73. The molecule has 0 saturated carbocycles. The van der Waals surface area contributed by atoms with Crippen molar-refractivity contribution >= 4 is 23.0 Å². The van der Waals surface area contributed by atoms with Crippen LogP contribution in [0.4, 0.5) is 5.69 Å². The molecule has 0 aromatic heterocycles. The van der Waals surface area contributed by atoms with Gasteiger partial charge in [0, 0.05) is 18.8 Å². The van der Waals surface area contributed by atoms with Crippen molar-refractivity contribution in [1.29, 1.82) is 0 Å². The van der Waals surface area contributed by atoms with Crippen LogP contribution < -0.4 is 5.32 Å². The molecule has 0 aliphatic carbocycles. The predicted molar refractivity (Wildman–Crippen MR) is 110 cm³/mol. The van der Waals surface area contributed by atoms with Gasteiger partial charge in [0.1, 0.15) is 0 Å². The van der Waals surface area contributed by atoms with Gasteiger partial charge in [-0.15, -0.1) is 0 Å². The molecule has 0 bridgehead atoms. The highest BCUT2D eigenvalue weighted by atomic mass is 32.1. The van der Waals surface area contributed by atoms with Crippen LogP contribution in [0.25, 0.3) is 0 Å². The molecule has 0 heterocycles. The first-order chi connectivity index (χ1) is 12.2. The van der Waals surface area contributed by atoms with Crippen LogP contribution in [0.15, 0.2) is 84.9 Å². The lowest BCUT2D eigenvalue weighted by molar-refractivity contribution is 0.413. The Bertz CT molecular complexity index is 774. The molecule has 0 radical (unpaired) electrons. The Kier molecular flexibility index (Phi) is 5.81. The topological polar surface area (TPSA) is 15.3 Å². The van der Waals surface area contributed by atoms with Gasteiger partial charge in [-0.1, -0.05) is 78.9 Å². The average molecular weight is 346 g/mol. The van der Waals surface area contributed by atoms with Crippen molar-refractivity contribution in [2.75, 3.05) is 5.32 Å². The van der Waals surface area contributed by atoms with Crippen LogP contribution in [0.5, 0.6) is 0 Å². The number of para-hydroxylation sites is 1. The molecule has 3 aromatic carbocycles. The van der Waals surface area contributed by atoms with E-state index in [1.54, 1.807) is 0 Å². The largest absolute Gasteiger partial charge is 0.340 e. The lowest BCUT2D eigenvalue weighted by Crippen LogP contribution is -2.34. The van der Waals surface area contributed by atoms with Gasteiger partial charge in [-0.05, 0) is 41.9 Å². The third kappa shape index (κ3) is 4.91. The van der Waals surface area contributed by atoms with Gasteiger partial charge in [0.05, 0.1) is 0 Å². The summed E-state index contributed by atoms with van der Waals surface area (Å²) in [5.74, 6) is 0. The Balaban J connectivity index is 1.79. The van der Waals surface area contributed by atoms with E-state index >= 15 is 0 Å². The maximum atomic E-state index is 5.73. The van der Waals surface area contributed by atoms with E-state index in [1.165, 1.54) is 16.7 Å². The molecule has 0 aliphatic heterocycles. The van der Waals surface area contributed by atoms with Gasteiger partial charge in [-0.3, -0.25) is 0 Å². The van der Waals surface area contributed by atoms with Crippen molar-refractivity contribution in [2.45, 2.75) is 20.0 Å². The van der Waals surface area contributed by atoms with Gasteiger partial charge in [0.15, 0.2) is 5.11 Å². The van der Waals surface area contributed by atoms with E-state index in [1.807, 2.05) is 24.3 Å². The molecule has 2 nitrogen and oxygen atoms in total.